The van der Waals surface area contributed by atoms with Crippen molar-refractivity contribution in [3.63, 3.8) is 0 Å². The monoisotopic (exact) mass is 581 g/mol. The van der Waals surface area contributed by atoms with Gasteiger partial charge in [0, 0.05) is 33.2 Å². The smallest absolute Gasteiger partial charge is 0.354 e. The number of amides is 1. The predicted molar refractivity (Wildman–Crippen MR) is 144 cm³/mol. The lowest BCUT2D eigenvalue weighted by Gasteiger charge is -2.43. The maximum atomic E-state index is 13.9. The quantitative estimate of drug-likeness (QED) is 0.415. The van der Waals surface area contributed by atoms with Crippen LogP contribution in [0.2, 0.25) is 0 Å². The second-order valence-corrected chi connectivity index (χ2v) is 11.0. The van der Waals surface area contributed by atoms with E-state index in [0.29, 0.717) is 12.1 Å². The van der Waals surface area contributed by atoms with Crippen LogP contribution in [-0.2, 0) is 22.6 Å². The summed E-state index contributed by atoms with van der Waals surface area (Å²) in [5.74, 6) is 0.0295. The first kappa shape index (κ1) is 30.4. The number of carbonyl (C=O) groups excluding carboxylic acids is 1. The van der Waals surface area contributed by atoms with Gasteiger partial charge < -0.3 is 9.80 Å². The number of alkyl halides is 6. The Hall–Kier alpha value is -3.54. The van der Waals surface area contributed by atoms with Gasteiger partial charge in [0.25, 0.3) is 5.91 Å². The summed E-state index contributed by atoms with van der Waals surface area (Å²) in [5, 5.41) is 2.77. The third kappa shape index (κ3) is 6.37. The van der Waals surface area contributed by atoms with Crippen molar-refractivity contribution in [1.29, 1.82) is 0 Å². The van der Waals surface area contributed by atoms with E-state index in [0.717, 1.165) is 43.1 Å². The number of nitrogens with zero attached hydrogens (tertiary/aromatic N) is 5. The molecule has 4 rings (SSSR count). The Morgan fingerprint density at radius 2 is 1.44 bits per heavy atom. The molecule has 0 saturated carbocycles. The van der Waals surface area contributed by atoms with E-state index in [1.54, 1.807) is 5.01 Å². The fraction of sp³-hybridized carbons (Fsp3) is 0.448. The van der Waals surface area contributed by atoms with E-state index in [-0.39, 0.29) is 6.07 Å². The molecule has 2 aromatic carbocycles. The van der Waals surface area contributed by atoms with Gasteiger partial charge in [-0.2, -0.15) is 26.3 Å². The number of aryl methyl sites for hydroxylation is 1. The van der Waals surface area contributed by atoms with Crippen LogP contribution >= 0.6 is 0 Å². The molecule has 222 valence electrons. The van der Waals surface area contributed by atoms with Crippen molar-refractivity contribution < 1.29 is 31.1 Å². The summed E-state index contributed by atoms with van der Waals surface area (Å²) >= 11 is 0. The number of hydrogen-bond acceptors (Lipinski definition) is 5. The van der Waals surface area contributed by atoms with Gasteiger partial charge in [0.05, 0.1) is 22.6 Å². The molecule has 2 aliphatic heterocycles. The van der Waals surface area contributed by atoms with Gasteiger partial charge in [0.2, 0.25) is 0 Å². The van der Waals surface area contributed by atoms with Gasteiger partial charge in [-0.25, -0.2) is 4.99 Å². The van der Waals surface area contributed by atoms with E-state index < -0.39 is 46.4 Å². The number of rotatable bonds is 5. The molecule has 2 aromatic rings. The molecule has 2 heterocycles. The van der Waals surface area contributed by atoms with Gasteiger partial charge in [-0.3, -0.25) is 14.8 Å². The molecule has 0 bridgehead atoms. The highest BCUT2D eigenvalue weighted by Crippen LogP contribution is 2.40. The largest absolute Gasteiger partial charge is 0.416 e. The molecule has 0 aliphatic carbocycles. The molecule has 0 spiro atoms. The topological polar surface area (TPSA) is 42.4 Å². The number of hydrogen-bond donors (Lipinski definition) is 0. The first-order chi connectivity index (χ1) is 19.0. The summed E-state index contributed by atoms with van der Waals surface area (Å²) in [6.45, 7) is 7.80. The molecule has 0 aromatic heterocycles. The summed E-state index contributed by atoms with van der Waals surface area (Å²) in [6.07, 6.45) is -6.63. The lowest BCUT2D eigenvalue weighted by molar-refractivity contribution is -0.148. The van der Waals surface area contributed by atoms with Crippen LogP contribution in [0.3, 0.4) is 0 Å². The van der Waals surface area contributed by atoms with E-state index in [2.05, 4.69) is 14.8 Å². The molecule has 1 unspecified atom stereocenters. The number of hydrazine groups is 1. The molecule has 1 fully saturated rings. The lowest BCUT2D eigenvalue weighted by Crippen LogP contribution is -2.52. The van der Waals surface area contributed by atoms with Crippen LogP contribution in [0.5, 0.6) is 0 Å². The van der Waals surface area contributed by atoms with E-state index in [4.69, 9.17) is 0 Å². The highest BCUT2D eigenvalue weighted by atomic mass is 19.4. The van der Waals surface area contributed by atoms with Crippen molar-refractivity contribution in [2.75, 3.05) is 40.3 Å². The van der Waals surface area contributed by atoms with Crippen molar-refractivity contribution in [3.8, 4) is 0 Å². The molecule has 1 atom stereocenters. The van der Waals surface area contributed by atoms with Crippen LogP contribution in [0.4, 0.5) is 26.3 Å². The Balaban J connectivity index is 1.72. The molecule has 6 nitrogen and oxygen atoms in total. The zero-order valence-electron chi connectivity index (χ0n) is 23.5. The van der Waals surface area contributed by atoms with Gasteiger partial charge in [0.1, 0.15) is 12.2 Å². The number of likely N-dealkylation sites (N-methyl/N-ethyl adjacent to an activating group) is 2. The minimum Gasteiger partial charge on any atom is -0.354 e. The molecular weight excluding hydrogens is 548 g/mol. The fourth-order valence-corrected chi connectivity index (χ4v) is 5.04. The van der Waals surface area contributed by atoms with Gasteiger partial charge in [-0.05, 0) is 68.8 Å². The SMILES string of the molecule is Cc1ccccc1C1C=C(N2CCN(C)CC2)N=CN1N(C)C(=O)C(C)(C)c1cc(C(F)(F)F)cc(C(F)(F)F)c1. The van der Waals surface area contributed by atoms with Gasteiger partial charge in [0.15, 0.2) is 0 Å². The maximum absolute atomic E-state index is 13.9. The molecule has 0 N–H and O–H groups in total. The van der Waals surface area contributed by atoms with E-state index in [1.165, 1.54) is 32.2 Å². The van der Waals surface area contributed by atoms with Crippen LogP contribution in [0.15, 0.2) is 59.4 Å². The van der Waals surface area contributed by atoms with Crippen LogP contribution in [0.1, 0.15) is 47.7 Å². The predicted octanol–water partition coefficient (Wildman–Crippen LogP) is 5.86. The first-order valence-electron chi connectivity index (χ1n) is 13.1. The van der Waals surface area contributed by atoms with E-state index in [1.807, 2.05) is 44.3 Å². The zero-order valence-corrected chi connectivity index (χ0v) is 23.5. The third-order valence-electron chi connectivity index (χ3n) is 7.72. The van der Waals surface area contributed by atoms with Crippen molar-refractivity contribution in [2.24, 2.45) is 4.99 Å². The maximum Gasteiger partial charge on any atom is 0.416 e. The minimum absolute atomic E-state index is 0.0595. The first-order valence-corrected chi connectivity index (χ1v) is 13.1. The van der Waals surface area contributed by atoms with Crippen LogP contribution < -0.4 is 0 Å². The Morgan fingerprint density at radius 1 is 0.902 bits per heavy atom. The minimum atomic E-state index is -5.03. The molecule has 12 heteroatoms. The van der Waals surface area contributed by atoms with Crippen molar-refractivity contribution in [2.45, 2.75) is 44.6 Å². The summed E-state index contributed by atoms with van der Waals surface area (Å²) in [6, 6.07) is 8.36. The highest BCUT2D eigenvalue weighted by molar-refractivity contribution is 5.88. The molecule has 0 radical (unpaired) electrons. The summed E-state index contributed by atoms with van der Waals surface area (Å²) in [4.78, 5) is 22.8. The summed E-state index contributed by atoms with van der Waals surface area (Å²) in [5.41, 5.74) is -3.26. The van der Waals surface area contributed by atoms with Crippen LogP contribution in [0, 0.1) is 6.92 Å². The van der Waals surface area contributed by atoms with Crippen LogP contribution in [0.25, 0.3) is 0 Å². The van der Waals surface area contributed by atoms with Crippen molar-refractivity contribution in [3.05, 3.63) is 82.2 Å². The second kappa shape index (κ2) is 11.0. The molecule has 41 heavy (non-hydrogen) atoms. The number of carbonyl (C=O) groups is 1. The van der Waals surface area contributed by atoms with Gasteiger partial charge in [-0.1, -0.05) is 24.3 Å². The Kier molecular flexibility index (Phi) is 8.19. The molecule has 2 aliphatic rings. The van der Waals surface area contributed by atoms with E-state index >= 15 is 0 Å². The average Bonchev–Trinajstić information content (AvgIpc) is 2.91. The van der Waals surface area contributed by atoms with Crippen molar-refractivity contribution >= 4 is 12.2 Å². The number of benzene rings is 2. The summed E-state index contributed by atoms with van der Waals surface area (Å²) in [7, 11) is 3.48. The zero-order chi connectivity index (χ0) is 30.3. The fourth-order valence-electron chi connectivity index (χ4n) is 5.04. The third-order valence-corrected chi connectivity index (χ3v) is 7.72. The Labute approximate surface area is 235 Å². The standard InChI is InChI=1S/C29H33F6N5O/c1-19-8-6-7-9-23(19)24-17-25(39-12-10-37(4)11-13-39)36-18-40(24)38(5)26(41)27(2,3)20-14-21(28(30,31)32)16-22(15-20)29(33,34)35/h6-9,14-18,24H,10-13H2,1-5H3. The van der Waals surface area contributed by atoms with Crippen molar-refractivity contribution in [1.82, 2.24) is 19.8 Å². The molecule has 1 saturated heterocycles. The lowest BCUT2D eigenvalue weighted by atomic mass is 9.81. The van der Waals surface area contributed by atoms with Gasteiger partial charge >= 0.3 is 12.4 Å². The van der Waals surface area contributed by atoms with Crippen LogP contribution in [-0.4, -0.2) is 72.3 Å². The second-order valence-electron chi connectivity index (χ2n) is 11.0. The number of piperazine rings is 1. The van der Waals surface area contributed by atoms with Gasteiger partial charge in [-0.15, -0.1) is 0 Å². The highest BCUT2D eigenvalue weighted by Gasteiger charge is 2.42. The number of halogens is 6. The normalized spacial score (nSPS) is 18.9. The molecular formula is C29H33F6N5O. The Bertz CT molecular complexity index is 1310. The number of aliphatic imine (C=N–C) groups is 1. The van der Waals surface area contributed by atoms with E-state index in [9.17, 15) is 31.1 Å². The summed E-state index contributed by atoms with van der Waals surface area (Å²) < 4.78 is 81.4. The molecule has 1 amide bonds. The average molecular weight is 582 g/mol. The Morgan fingerprint density at radius 3 is 1.98 bits per heavy atom.